The lowest BCUT2D eigenvalue weighted by molar-refractivity contribution is 0.104. The fourth-order valence-corrected chi connectivity index (χ4v) is 1.91. The van der Waals surface area contributed by atoms with Crippen molar-refractivity contribution in [1.82, 2.24) is 0 Å². The Bertz CT molecular complexity index is 722. The Hall–Kier alpha value is -3.06. The Kier molecular flexibility index (Phi) is 4.94. The minimum absolute atomic E-state index is 0.0790. The number of nitrogens with zero attached hydrogens (tertiary/aromatic N) is 1. The molecule has 0 atom stereocenters. The topological polar surface area (TPSA) is 59.3 Å². The van der Waals surface area contributed by atoms with Crippen molar-refractivity contribution in [1.29, 1.82) is 5.26 Å². The van der Waals surface area contributed by atoms with Crippen LogP contribution in [0.25, 0.3) is 6.08 Å². The molecule has 0 amide bonds. The van der Waals surface area contributed by atoms with E-state index in [1.54, 1.807) is 68.8 Å². The highest BCUT2D eigenvalue weighted by atomic mass is 16.5. The zero-order valence-corrected chi connectivity index (χ0v) is 12.4. The molecule has 2 aromatic carbocycles. The first-order valence-corrected chi connectivity index (χ1v) is 6.62. The van der Waals surface area contributed by atoms with E-state index in [0.717, 1.165) is 11.3 Å². The number of carbonyl (C=O) groups is 1. The van der Waals surface area contributed by atoms with Crippen LogP contribution in [0, 0.1) is 11.3 Å². The second-order valence-corrected chi connectivity index (χ2v) is 4.50. The fraction of sp³-hybridized carbons (Fsp3) is 0.111. The van der Waals surface area contributed by atoms with Crippen LogP contribution in [0.5, 0.6) is 11.5 Å². The number of rotatable bonds is 5. The van der Waals surface area contributed by atoms with Crippen molar-refractivity contribution in [3.63, 3.8) is 0 Å². The van der Waals surface area contributed by atoms with E-state index < -0.39 is 0 Å². The van der Waals surface area contributed by atoms with Gasteiger partial charge in [0.15, 0.2) is 0 Å². The Morgan fingerprint density at radius 2 is 1.45 bits per heavy atom. The molecule has 0 spiro atoms. The number of carbonyl (C=O) groups excluding carboxylic acids is 1. The highest BCUT2D eigenvalue weighted by Crippen LogP contribution is 2.18. The Morgan fingerprint density at radius 1 is 0.955 bits per heavy atom. The van der Waals surface area contributed by atoms with E-state index in [1.807, 2.05) is 6.07 Å². The lowest BCUT2D eigenvalue weighted by atomic mass is 10.0. The van der Waals surface area contributed by atoms with Gasteiger partial charge in [-0.1, -0.05) is 12.1 Å². The highest BCUT2D eigenvalue weighted by molar-refractivity contribution is 6.14. The molecule has 0 saturated carbocycles. The molecule has 0 aliphatic rings. The highest BCUT2D eigenvalue weighted by Gasteiger charge is 2.12. The molecule has 0 aliphatic carbocycles. The maximum Gasteiger partial charge on any atom is 0.203 e. The minimum Gasteiger partial charge on any atom is -0.497 e. The first kappa shape index (κ1) is 15.3. The molecule has 4 nitrogen and oxygen atoms in total. The third-order valence-electron chi connectivity index (χ3n) is 3.14. The van der Waals surface area contributed by atoms with Crippen LogP contribution in [0.3, 0.4) is 0 Å². The minimum atomic E-state index is -0.319. The number of benzene rings is 2. The number of allylic oxidation sites excluding steroid dienone is 1. The van der Waals surface area contributed by atoms with E-state index in [-0.39, 0.29) is 11.4 Å². The van der Waals surface area contributed by atoms with Crippen molar-refractivity contribution >= 4 is 11.9 Å². The summed E-state index contributed by atoms with van der Waals surface area (Å²) >= 11 is 0. The summed E-state index contributed by atoms with van der Waals surface area (Å²) in [5.74, 6) is 1.06. The van der Waals surface area contributed by atoms with Gasteiger partial charge in [0.1, 0.15) is 23.1 Å². The zero-order valence-electron chi connectivity index (χ0n) is 12.4. The average molecular weight is 293 g/mol. The van der Waals surface area contributed by atoms with Crippen molar-refractivity contribution < 1.29 is 14.3 Å². The summed E-state index contributed by atoms with van der Waals surface area (Å²) in [5.41, 5.74) is 1.29. The van der Waals surface area contributed by atoms with E-state index in [2.05, 4.69) is 0 Å². The van der Waals surface area contributed by atoms with Gasteiger partial charge in [0.2, 0.25) is 5.78 Å². The number of hydrogen-bond donors (Lipinski definition) is 0. The Labute approximate surface area is 129 Å². The molecule has 0 heterocycles. The summed E-state index contributed by atoms with van der Waals surface area (Å²) in [6.45, 7) is 0. The molecule has 0 bridgehead atoms. The van der Waals surface area contributed by atoms with Crippen LogP contribution in [-0.2, 0) is 0 Å². The molecule has 110 valence electrons. The van der Waals surface area contributed by atoms with Crippen LogP contribution in [0.4, 0.5) is 0 Å². The lowest BCUT2D eigenvalue weighted by Crippen LogP contribution is -2.01. The molecule has 2 rings (SSSR count). The monoisotopic (exact) mass is 293 g/mol. The lowest BCUT2D eigenvalue weighted by Gasteiger charge is -2.03. The molecular weight excluding hydrogens is 278 g/mol. The maximum absolute atomic E-state index is 12.3. The van der Waals surface area contributed by atoms with Gasteiger partial charge in [-0.25, -0.2) is 0 Å². The summed E-state index contributed by atoms with van der Waals surface area (Å²) in [6.07, 6.45) is 1.56. The molecule has 4 heteroatoms. The summed E-state index contributed by atoms with van der Waals surface area (Å²) in [6, 6.07) is 15.7. The number of methoxy groups -OCH3 is 2. The number of ether oxygens (including phenoxy) is 2. The molecule has 22 heavy (non-hydrogen) atoms. The molecular formula is C18H15NO3. The van der Waals surface area contributed by atoms with Gasteiger partial charge in [0.05, 0.1) is 14.2 Å². The zero-order chi connectivity index (χ0) is 15.9. The largest absolute Gasteiger partial charge is 0.497 e. The van der Waals surface area contributed by atoms with Crippen LogP contribution < -0.4 is 9.47 Å². The van der Waals surface area contributed by atoms with Gasteiger partial charge in [0.25, 0.3) is 0 Å². The fourth-order valence-electron chi connectivity index (χ4n) is 1.91. The molecule has 2 aromatic rings. The van der Waals surface area contributed by atoms with Gasteiger partial charge < -0.3 is 9.47 Å². The standard InChI is InChI=1S/C18H15NO3/c1-21-16-7-3-13(4-8-16)11-15(12-19)18(20)14-5-9-17(22-2)10-6-14/h3-11H,1-2H3. The van der Waals surface area contributed by atoms with E-state index in [0.29, 0.717) is 11.3 Å². The third kappa shape index (κ3) is 3.53. The van der Waals surface area contributed by atoms with E-state index >= 15 is 0 Å². The van der Waals surface area contributed by atoms with Crippen LogP contribution in [0.2, 0.25) is 0 Å². The third-order valence-corrected chi connectivity index (χ3v) is 3.14. The average Bonchev–Trinajstić information content (AvgIpc) is 2.59. The molecule has 0 radical (unpaired) electrons. The van der Waals surface area contributed by atoms with Gasteiger partial charge in [-0.15, -0.1) is 0 Å². The van der Waals surface area contributed by atoms with E-state index in [1.165, 1.54) is 0 Å². The first-order chi connectivity index (χ1) is 10.7. The summed E-state index contributed by atoms with van der Waals surface area (Å²) in [5, 5.41) is 9.23. The van der Waals surface area contributed by atoms with Crippen molar-refractivity contribution in [2.24, 2.45) is 0 Å². The molecule has 0 saturated heterocycles. The summed E-state index contributed by atoms with van der Waals surface area (Å²) < 4.78 is 10.1. The van der Waals surface area contributed by atoms with E-state index in [4.69, 9.17) is 9.47 Å². The molecule has 0 N–H and O–H groups in total. The second-order valence-electron chi connectivity index (χ2n) is 4.50. The quantitative estimate of drug-likeness (QED) is 0.481. The molecule has 0 unspecified atom stereocenters. The van der Waals surface area contributed by atoms with Gasteiger partial charge in [-0.3, -0.25) is 4.79 Å². The van der Waals surface area contributed by atoms with Crippen LogP contribution in [0.15, 0.2) is 54.1 Å². The van der Waals surface area contributed by atoms with Crippen LogP contribution in [-0.4, -0.2) is 20.0 Å². The predicted octanol–water partition coefficient (Wildman–Crippen LogP) is 3.49. The first-order valence-electron chi connectivity index (χ1n) is 6.62. The van der Waals surface area contributed by atoms with Crippen molar-refractivity contribution in [3.8, 4) is 17.6 Å². The SMILES string of the molecule is COc1ccc(C=C(C#N)C(=O)c2ccc(OC)cc2)cc1. The van der Waals surface area contributed by atoms with Crippen molar-refractivity contribution in [3.05, 3.63) is 65.2 Å². The second kappa shape index (κ2) is 7.09. The maximum atomic E-state index is 12.3. The smallest absolute Gasteiger partial charge is 0.203 e. The number of Topliss-reactive ketones (excluding diaryl/α,β-unsaturated/α-hetero) is 1. The van der Waals surface area contributed by atoms with Gasteiger partial charge in [0, 0.05) is 5.56 Å². The van der Waals surface area contributed by atoms with Crippen LogP contribution in [0.1, 0.15) is 15.9 Å². The summed E-state index contributed by atoms with van der Waals surface area (Å²) in [7, 11) is 3.14. The molecule has 0 aromatic heterocycles. The van der Waals surface area contributed by atoms with Crippen molar-refractivity contribution in [2.75, 3.05) is 14.2 Å². The Morgan fingerprint density at radius 3 is 1.91 bits per heavy atom. The molecule has 0 aliphatic heterocycles. The number of hydrogen-bond acceptors (Lipinski definition) is 4. The number of ketones is 1. The summed E-state index contributed by atoms with van der Waals surface area (Å²) in [4.78, 5) is 12.3. The van der Waals surface area contributed by atoms with Gasteiger partial charge >= 0.3 is 0 Å². The van der Waals surface area contributed by atoms with Gasteiger partial charge in [-0.2, -0.15) is 5.26 Å². The molecule has 0 fully saturated rings. The van der Waals surface area contributed by atoms with Gasteiger partial charge in [-0.05, 0) is 48.0 Å². The van der Waals surface area contributed by atoms with E-state index in [9.17, 15) is 10.1 Å². The van der Waals surface area contributed by atoms with Crippen molar-refractivity contribution in [2.45, 2.75) is 0 Å². The number of nitriles is 1. The normalized spacial score (nSPS) is 10.7. The predicted molar refractivity (Wildman–Crippen MR) is 83.9 cm³/mol. The van der Waals surface area contributed by atoms with Crippen LogP contribution >= 0.6 is 0 Å². The Balaban J connectivity index is 2.27.